The lowest BCUT2D eigenvalue weighted by Crippen LogP contribution is -2.25. The minimum absolute atomic E-state index is 0.107. The molecule has 5 nitrogen and oxygen atoms in total. The molecule has 0 aliphatic heterocycles. The van der Waals surface area contributed by atoms with Gasteiger partial charge in [0, 0.05) is 17.3 Å². The van der Waals surface area contributed by atoms with Crippen LogP contribution in [0, 0.1) is 5.92 Å². The summed E-state index contributed by atoms with van der Waals surface area (Å²) >= 11 is 0. The Bertz CT molecular complexity index is 621. The van der Waals surface area contributed by atoms with Crippen molar-refractivity contribution in [2.24, 2.45) is 11.0 Å². The third-order valence-electron chi connectivity index (χ3n) is 3.97. The number of nitrogens with zero attached hydrogens (tertiary/aromatic N) is 1. The highest BCUT2D eigenvalue weighted by Crippen LogP contribution is 2.27. The van der Waals surface area contributed by atoms with Crippen LogP contribution in [0.25, 0.3) is 0 Å². The zero-order chi connectivity index (χ0) is 16.8. The van der Waals surface area contributed by atoms with E-state index in [-0.39, 0.29) is 24.2 Å². The number of rotatable bonds is 5. The molecule has 0 heterocycles. The van der Waals surface area contributed by atoms with Crippen molar-refractivity contribution in [1.82, 2.24) is 5.43 Å². The Morgan fingerprint density at radius 1 is 1.22 bits per heavy atom. The smallest absolute Gasteiger partial charge is 0.242 e. The van der Waals surface area contributed by atoms with Gasteiger partial charge in [0.05, 0.1) is 6.42 Å². The molecule has 2 amide bonds. The summed E-state index contributed by atoms with van der Waals surface area (Å²) in [6.07, 6.45) is 4.65. The van der Waals surface area contributed by atoms with Crippen LogP contribution in [-0.2, 0) is 22.4 Å². The van der Waals surface area contributed by atoms with Crippen LogP contribution < -0.4 is 10.7 Å². The Morgan fingerprint density at radius 3 is 2.70 bits per heavy atom. The monoisotopic (exact) mass is 315 g/mol. The summed E-state index contributed by atoms with van der Waals surface area (Å²) in [6.45, 7) is 5.33. The number of hydrogen-bond donors (Lipinski definition) is 2. The Kier molecular flexibility index (Phi) is 5.90. The molecule has 0 unspecified atom stereocenters. The van der Waals surface area contributed by atoms with E-state index in [4.69, 9.17) is 0 Å². The molecule has 1 aliphatic rings. The van der Waals surface area contributed by atoms with Gasteiger partial charge in [0.1, 0.15) is 0 Å². The lowest BCUT2D eigenvalue weighted by atomic mass is 9.90. The van der Waals surface area contributed by atoms with Gasteiger partial charge in [0.2, 0.25) is 11.8 Å². The summed E-state index contributed by atoms with van der Waals surface area (Å²) < 4.78 is 0. The minimum Gasteiger partial charge on any atom is -0.325 e. The number of nitrogens with one attached hydrogen (secondary N) is 2. The van der Waals surface area contributed by atoms with Gasteiger partial charge in [0.15, 0.2) is 0 Å². The van der Waals surface area contributed by atoms with Crippen LogP contribution in [0.2, 0.25) is 0 Å². The minimum atomic E-state index is -0.151. The zero-order valence-electron chi connectivity index (χ0n) is 14.1. The topological polar surface area (TPSA) is 70.6 Å². The van der Waals surface area contributed by atoms with E-state index in [0.717, 1.165) is 18.5 Å². The van der Waals surface area contributed by atoms with Gasteiger partial charge < -0.3 is 5.32 Å². The number of hydrazone groups is 1. The third kappa shape index (κ3) is 4.91. The van der Waals surface area contributed by atoms with Crippen LogP contribution in [0.4, 0.5) is 5.69 Å². The maximum Gasteiger partial charge on any atom is 0.242 e. The SMILES string of the molecule is C/C(CC(=O)Nc1cccc2c1CCCC2)=N/NC(=O)C(C)C. The summed E-state index contributed by atoms with van der Waals surface area (Å²) in [5.74, 6) is -0.387. The van der Waals surface area contributed by atoms with E-state index < -0.39 is 0 Å². The molecule has 0 atom stereocenters. The predicted octanol–water partition coefficient (Wildman–Crippen LogP) is 3.04. The number of anilines is 1. The van der Waals surface area contributed by atoms with Crippen LogP contribution >= 0.6 is 0 Å². The fourth-order valence-electron chi connectivity index (χ4n) is 2.64. The van der Waals surface area contributed by atoms with Crippen molar-refractivity contribution in [3.63, 3.8) is 0 Å². The second kappa shape index (κ2) is 7.90. The molecule has 0 bridgehead atoms. The first-order valence-corrected chi connectivity index (χ1v) is 8.21. The van der Waals surface area contributed by atoms with Crippen molar-refractivity contribution >= 4 is 23.2 Å². The molecule has 5 heteroatoms. The number of amides is 2. The highest BCUT2D eigenvalue weighted by Gasteiger charge is 2.15. The lowest BCUT2D eigenvalue weighted by molar-refractivity contribution is -0.124. The number of carbonyl (C=O) groups excluding carboxylic acids is 2. The van der Waals surface area contributed by atoms with Crippen molar-refractivity contribution < 1.29 is 9.59 Å². The molecule has 0 radical (unpaired) electrons. The van der Waals surface area contributed by atoms with E-state index in [1.165, 1.54) is 24.0 Å². The van der Waals surface area contributed by atoms with Gasteiger partial charge in [-0.05, 0) is 49.8 Å². The van der Waals surface area contributed by atoms with E-state index in [2.05, 4.69) is 21.9 Å². The molecule has 0 saturated heterocycles. The van der Waals surface area contributed by atoms with Crippen molar-refractivity contribution in [2.45, 2.75) is 52.9 Å². The standard InChI is InChI=1S/C18H25N3O2/c1-12(2)18(23)21-20-13(3)11-17(22)19-16-10-6-8-14-7-4-5-9-15(14)16/h6,8,10,12H,4-5,7,9,11H2,1-3H3,(H,19,22)(H,21,23)/b20-13-. The van der Waals surface area contributed by atoms with Gasteiger partial charge >= 0.3 is 0 Å². The molecule has 0 aromatic heterocycles. The predicted molar refractivity (Wildman–Crippen MR) is 92.4 cm³/mol. The molecule has 1 aliphatic carbocycles. The molecule has 23 heavy (non-hydrogen) atoms. The Morgan fingerprint density at radius 2 is 1.96 bits per heavy atom. The average molecular weight is 315 g/mol. The van der Waals surface area contributed by atoms with Gasteiger partial charge in [-0.1, -0.05) is 26.0 Å². The number of fused-ring (bicyclic) bond motifs is 1. The second-order valence-corrected chi connectivity index (χ2v) is 6.35. The fourth-order valence-corrected chi connectivity index (χ4v) is 2.64. The maximum absolute atomic E-state index is 12.2. The molecular weight excluding hydrogens is 290 g/mol. The number of carbonyl (C=O) groups is 2. The zero-order valence-corrected chi connectivity index (χ0v) is 14.1. The molecule has 2 rings (SSSR count). The van der Waals surface area contributed by atoms with Crippen molar-refractivity contribution in [3.05, 3.63) is 29.3 Å². The molecule has 2 N–H and O–H groups in total. The highest BCUT2D eigenvalue weighted by atomic mass is 16.2. The van der Waals surface area contributed by atoms with Crippen LogP contribution in [0.5, 0.6) is 0 Å². The first-order valence-electron chi connectivity index (χ1n) is 8.21. The molecule has 0 saturated carbocycles. The van der Waals surface area contributed by atoms with E-state index in [0.29, 0.717) is 5.71 Å². The summed E-state index contributed by atoms with van der Waals surface area (Å²) in [7, 11) is 0. The molecule has 1 aromatic rings. The van der Waals surface area contributed by atoms with Gasteiger partial charge in [-0.2, -0.15) is 5.10 Å². The Balaban J connectivity index is 1.95. The van der Waals surface area contributed by atoms with E-state index in [1.807, 2.05) is 12.1 Å². The first kappa shape index (κ1) is 17.2. The highest BCUT2D eigenvalue weighted by molar-refractivity contribution is 6.06. The molecule has 0 spiro atoms. The maximum atomic E-state index is 12.2. The number of hydrogen-bond acceptors (Lipinski definition) is 3. The van der Waals surface area contributed by atoms with E-state index >= 15 is 0 Å². The van der Waals surface area contributed by atoms with E-state index in [9.17, 15) is 9.59 Å². The Hall–Kier alpha value is -2.17. The van der Waals surface area contributed by atoms with Crippen LogP contribution in [0.3, 0.4) is 0 Å². The van der Waals surface area contributed by atoms with Crippen molar-refractivity contribution in [2.75, 3.05) is 5.32 Å². The second-order valence-electron chi connectivity index (χ2n) is 6.35. The summed E-state index contributed by atoms with van der Waals surface area (Å²) in [5.41, 5.74) is 6.56. The summed E-state index contributed by atoms with van der Waals surface area (Å²) in [5, 5.41) is 6.95. The van der Waals surface area contributed by atoms with Gasteiger partial charge in [-0.3, -0.25) is 9.59 Å². The summed E-state index contributed by atoms with van der Waals surface area (Å²) in [6, 6.07) is 6.08. The molecule has 0 fully saturated rings. The fraction of sp³-hybridized carbons (Fsp3) is 0.500. The lowest BCUT2D eigenvalue weighted by Gasteiger charge is -2.19. The molecular formula is C18H25N3O2. The van der Waals surface area contributed by atoms with Crippen LogP contribution in [-0.4, -0.2) is 17.5 Å². The van der Waals surface area contributed by atoms with Crippen LogP contribution in [0.1, 0.15) is 51.2 Å². The molecule has 1 aromatic carbocycles. The van der Waals surface area contributed by atoms with Gasteiger partial charge in [0.25, 0.3) is 0 Å². The summed E-state index contributed by atoms with van der Waals surface area (Å²) in [4.78, 5) is 23.6. The first-order chi connectivity index (χ1) is 11.0. The van der Waals surface area contributed by atoms with Gasteiger partial charge in [-0.25, -0.2) is 5.43 Å². The average Bonchev–Trinajstić information content (AvgIpc) is 2.52. The number of benzene rings is 1. The van der Waals surface area contributed by atoms with E-state index in [1.54, 1.807) is 20.8 Å². The van der Waals surface area contributed by atoms with Crippen molar-refractivity contribution in [3.8, 4) is 0 Å². The molecule has 124 valence electrons. The van der Waals surface area contributed by atoms with Gasteiger partial charge in [-0.15, -0.1) is 0 Å². The quantitative estimate of drug-likeness (QED) is 0.647. The Labute approximate surface area is 137 Å². The van der Waals surface area contributed by atoms with Crippen LogP contribution in [0.15, 0.2) is 23.3 Å². The van der Waals surface area contributed by atoms with Crippen molar-refractivity contribution in [1.29, 1.82) is 0 Å². The third-order valence-corrected chi connectivity index (χ3v) is 3.97. The normalized spacial score (nSPS) is 14.3. The largest absolute Gasteiger partial charge is 0.325 e. The number of aryl methyl sites for hydroxylation is 1.